The van der Waals surface area contributed by atoms with Gasteiger partial charge in [0.1, 0.15) is 0 Å². The van der Waals surface area contributed by atoms with Gasteiger partial charge in [-0.2, -0.15) is 0 Å². The van der Waals surface area contributed by atoms with Gasteiger partial charge in [-0.1, -0.05) is 0 Å². The van der Waals surface area contributed by atoms with Gasteiger partial charge >= 0.3 is 0 Å². The van der Waals surface area contributed by atoms with E-state index in [0.29, 0.717) is 18.5 Å². The van der Waals surface area contributed by atoms with Crippen LogP contribution in [0.5, 0.6) is 0 Å². The molecule has 0 radical (unpaired) electrons. The Balaban J connectivity index is 1.75. The Morgan fingerprint density at radius 3 is 2.92 bits per heavy atom. The number of nitrogens with one attached hydrogen (secondary N) is 1. The van der Waals surface area contributed by atoms with Crippen molar-refractivity contribution >= 4 is 5.91 Å². The lowest BCUT2D eigenvalue weighted by Gasteiger charge is -2.19. The first kappa shape index (κ1) is 8.97. The molecule has 0 spiro atoms. The van der Waals surface area contributed by atoms with Gasteiger partial charge in [-0.15, -0.1) is 0 Å². The molecule has 0 aromatic rings. The summed E-state index contributed by atoms with van der Waals surface area (Å²) in [4.78, 5) is 13.3. The molecule has 3 N–H and O–H groups in total. The maximum Gasteiger partial charge on any atom is 0.220 e. The molecule has 0 bridgehead atoms. The van der Waals surface area contributed by atoms with Crippen LogP contribution in [-0.4, -0.2) is 42.5 Å². The van der Waals surface area contributed by atoms with E-state index in [0.717, 1.165) is 32.5 Å². The number of rotatable bonds is 2. The Kier molecular flexibility index (Phi) is 2.51. The minimum atomic E-state index is 0.202. The van der Waals surface area contributed by atoms with Gasteiger partial charge in [0, 0.05) is 31.6 Å². The molecule has 0 aromatic carbocycles. The van der Waals surface area contributed by atoms with Crippen LogP contribution in [-0.2, 0) is 4.79 Å². The van der Waals surface area contributed by atoms with Crippen LogP contribution in [0.3, 0.4) is 0 Å². The lowest BCUT2D eigenvalue weighted by Crippen LogP contribution is -2.38. The van der Waals surface area contributed by atoms with Gasteiger partial charge in [0.05, 0.1) is 0 Å². The van der Waals surface area contributed by atoms with Crippen LogP contribution in [0.4, 0.5) is 0 Å². The summed E-state index contributed by atoms with van der Waals surface area (Å²) in [5.74, 6) is 0.202. The number of carbonyl (C=O) groups is 1. The number of hydrogen-bond donors (Lipinski definition) is 2. The zero-order valence-corrected chi connectivity index (χ0v) is 7.83. The Labute approximate surface area is 78.5 Å². The Morgan fingerprint density at radius 2 is 2.38 bits per heavy atom. The first-order chi connectivity index (χ1) is 6.24. The van der Waals surface area contributed by atoms with Crippen LogP contribution in [0.2, 0.25) is 0 Å². The average Bonchev–Trinajstić information content (AvgIpc) is 2.62. The number of hydrogen-bond acceptors (Lipinski definition) is 3. The summed E-state index contributed by atoms with van der Waals surface area (Å²) in [5.41, 5.74) is 5.80. The summed E-state index contributed by atoms with van der Waals surface area (Å²) in [6.45, 7) is 3.07. The SMILES string of the molecule is N[C@@H]1CCN(CC2CCC(=O)N2)C1. The molecule has 2 aliphatic heterocycles. The highest BCUT2D eigenvalue weighted by Gasteiger charge is 2.26. The summed E-state index contributed by atoms with van der Waals surface area (Å²) >= 11 is 0. The van der Waals surface area contributed by atoms with E-state index in [-0.39, 0.29) is 5.91 Å². The highest BCUT2D eigenvalue weighted by molar-refractivity contribution is 5.78. The molecule has 13 heavy (non-hydrogen) atoms. The molecule has 0 saturated carbocycles. The standard InChI is InChI=1S/C9H17N3O/c10-7-3-4-12(5-7)6-8-1-2-9(13)11-8/h7-8H,1-6,10H2,(H,11,13)/t7-,8?/m1/s1. The molecular weight excluding hydrogens is 166 g/mol. The second-order valence-electron chi connectivity index (χ2n) is 4.11. The molecule has 4 nitrogen and oxygen atoms in total. The van der Waals surface area contributed by atoms with Crippen molar-refractivity contribution in [3.05, 3.63) is 0 Å². The fourth-order valence-corrected chi connectivity index (χ4v) is 2.15. The van der Waals surface area contributed by atoms with E-state index in [9.17, 15) is 4.79 Å². The molecule has 2 aliphatic rings. The highest BCUT2D eigenvalue weighted by atomic mass is 16.1. The Hall–Kier alpha value is -0.610. The summed E-state index contributed by atoms with van der Waals surface area (Å²) in [6.07, 6.45) is 2.79. The minimum Gasteiger partial charge on any atom is -0.352 e. The topological polar surface area (TPSA) is 58.4 Å². The van der Waals surface area contributed by atoms with Gasteiger partial charge < -0.3 is 11.1 Å². The fraction of sp³-hybridized carbons (Fsp3) is 0.889. The monoisotopic (exact) mass is 183 g/mol. The molecular formula is C9H17N3O. The summed E-state index contributed by atoms with van der Waals surface area (Å²) in [6, 6.07) is 0.718. The maximum absolute atomic E-state index is 10.9. The predicted molar refractivity (Wildman–Crippen MR) is 50.2 cm³/mol. The third-order valence-corrected chi connectivity index (χ3v) is 2.87. The lowest BCUT2D eigenvalue weighted by atomic mass is 10.2. The molecule has 2 heterocycles. The largest absolute Gasteiger partial charge is 0.352 e. The number of nitrogens with zero attached hydrogens (tertiary/aromatic N) is 1. The zero-order chi connectivity index (χ0) is 9.26. The third kappa shape index (κ3) is 2.19. The van der Waals surface area contributed by atoms with E-state index < -0.39 is 0 Å². The second kappa shape index (κ2) is 3.64. The first-order valence-electron chi connectivity index (χ1n) is 5.01. The second-order valence-corrected chi connectivity index (χ2v) is 4.11. The van der Waals surface area contributed by atoms with Crippen molar-refractivity contribution in [3.63, 3.8) is 0 Å². The van der Waals surface area contributed by atoms with Crippen molar-refractivity contribution in [2.24, 2.45) is 5.73 Å². The number of amides is 1. The molecule has 0 aromatic heterocycles. The van der Waals surface area contributed by atoms with Crippen LogP contribution in [0, 0.1) is 0 Å². The summed E-state index contributed by atoms with van der Waals surface area (Å²) in [5, 5.41) is 2.97. The maximum atomic E-state index is 10.9. The quantitative estimate of drug-likeness (QED) is 0.595. The Bertz CT molecular complexity index is 207. The van der Waals surface area contributed by atoms with E-state index in [1.165, 1.54) is 0 Å². The van der Waals surface area contributed by atoms with E-state index in [4.69, 9.17) is 5.73 Å². The normalized spacial score (nSPS) is 35.3. The van der Waals surface area contributed by atoms with E-state index in [1.807, 2.05) is 0 Å². The fourth-order valence-electron chi connectivity index (χ4n) is 2.15. The smallest absolute Gasteiger partial charge is 0.220 e. The molecule has 4 heteroatoms. The molecule has 0 aliphatic carbocycles. The highest BCUT2D eigenvalue weighted by Crippen LogP contribution is 2.12. The van der Waals surface area contributed by atoms with Crippen LogP contribution in [0.1, 0.15) is 19.3 Å². The zero-order valence-electron chi connectivity index (χ0n) is 7.83. The molecule has 2 fully saturated rings. The number of likely N-dealkylation sites (tertiary alicyclic amines) is 1. The van der Waals surface area contributed by atoms with E-state index in [1.54, 1.807) is 0 Å². The molecule has 1 unspecified atom stereocenters. The van der Waals surface area contributed by atoms with Gasteiger partial charge in [0.25, 0.3) is 0 Å². The minimum absolute atomic E-state index is 0.202. The van der Waals surface area contributed by atoms with Crippen molar-refractivity contribution in [2.75, 3.05) is 19.6 Å². The molecule has 74 valence electrons. The Morgan fingerprint density at radius 1 is 1.54 bits per heavy atom. The lowest BCUT2D eigenvalue weighted by molar-refractivity contribution is -0.119. The van der Waals surface area contributed by atoms with Gasteiger partial charge in [0.15, 0.2) is 0 Å². The van der Waals surface area contributed by atoms with Crippen LogP contribution in [0.25, 0.3) is 0 Å². The molecule has 2 rings (SSSR count). The van der Waals surface area contributed by atoms with E-state index >= 15 is 0 Å². The van der Waals surface area contributed by atoms with Crippen LogP contribution >= 0.6 is 0 Å². The van der Waals surface area contributed by atoms with Gasteiger partial charge in [-0.25, -0.2) is 0 Å². The van der Waals surface area contributed by atoms with Crippen molar-refractivity contribution in [1.82, 2.24) is 10.2 Å². The number of nitrogens with two attached hydrogens (primary N) is 1. The summed E-state index contributed by atoms with van der Waals surface area (Å²) < 4.78 is 0. The van der Waals surface area contributed by atoms with Crippen molar-refractivity contribution < 1.29 is 4.79 Å². The van der Waals surface area contributed by atoms with Crippen LogP contribution in [0.15, 0.2) is 0 Å². The first-order valence-corrected chi connectivity index (χ1v) is 5.01. The van der Waals surface area contributed by atoms with Crippen molar-refractivity contribution in [3.8, 4) is 0 Å². The average molecular weight is 183 g/mol. The van der Waals surface area contributed by atoms with Gasteiger partial charge in [-0.05, 0) is 19.4 Å². The van der Waals surface area contributed by atoms with Crippen LogP contribution < -0.4 is 11.1 Å². The van der Waals surface area contributed by atoms with Crippen molar-refractivity contribution in [2.45, 2.75) is 31.3 Å². The summed E-state index contributed by atoms with van der Waals surface area (Å²) in [7, 11) is 0. The van der Waals surface area contributed by atoms with E-state index in [2.05, 4.69) is 10.2 Å². The molecule has 1 amide bonds. The third-order valence-electron chi connectivity index (χ3n) is 2.87. The molecule has 2 saturated heterocycles. The predicted octanol–water partition coefficient (Wildman–Crippen LogP) is -0.702. The molecule has 2 atom stereocenters. The van der Waals surface area contributed by atoms with Gasteiger partial charge in [0.2, 0.25) is 5.91 Å². The van der Waals surface area contributed by atoms with Crippen molar-refractivity contribution in [1.29, 1.82) is 0 Å². The number of carbonyl (C=O) groups excluding carboxylic acids is 1. The van der Waals surface area contributed by atoms with Gasteiger partial charge in [-0.3, -0.25) is 9.69 Å².